The van der Waals surface area contributed by atoms with Gasteiger partial charge in [-0.3, -0.25) is 9.59 Å². The van der Waals surface area contributed by atoms with E-state index in [1.165, 1.54) is 353 Å². The molecular weight excluding hydrogens is 1040 g/mol. The fourth-order valence-corrected chi connectivity index (χ4v) is 12.3. The van der Waals surface area contributed by atoms with Crippen LogP contribution in [0.5, 0.6) is 0 Å². The minimum Gasteiger partial charge on any atom is -0.466 e. The number of allylic oxidation sites excluding steroid dienone is 5. The lowest BCUT2D eigenvalue weighted by Gasteiger charge is -2.20. The SMILES string of the molecule is CCCCCC/C=C\C/C=C\CCCCCCCC(=O)OCCCCCCCCCCCCCCCCCCCCCCCCCCCCCCCC(=O)NC(CO)C(O)/C=C/CCCCCCCCCCCCCCCCCCCCCCC. The number of aliphatic hydroxyl groups excluding tert-OH is 2. The Bertz CT molecular complexity index is 1380. The van der Waals surface area contributed by atoms with Gasteiger partial charge in [0.25, 0.3) is 0 Å². The topological polar surface area (TPSA) is 95.9 Å². The zero-order valence-electron chi connectivity index (χ0n) is 57.6. The van der Waals surface area contributed by atoms with Crippen LogP contribution in [0.25, 0.3) is 0 Å². The van der Waals surface area contributed by atoms with Crippen LogP contribution in [-0.4, -0.2) is 47.4 Å². The molecule has 2 unspecified atom stereocenters. The summed E-state index contributed by atoms with van der Waals surface area (Å²) in [7, 11) is 0. The number of carbonyl (C=O) groups excluding carboxylic acids is 2. The summed E-state index contributed by atoms with van der Waals surface area (Å²) in [5, 5.41) is 23.3. The van der Waals surface area contributed by atoms with Crippen LogP contribution in [0, 0.1) is 0 Å². The summed E-state index contributed by atoms with van der Waals surface area (Å²) in [4.78, 5) is 24.6. The number of rotatable bonds is 73. The third-order valence-electron chi connectivity index (χ3n) is 18.2. The molecule has 0 fully saturated rings. The summed E-state index contributed by atoms with van der Waals surface area (Å²) in [6.07, 6.45) is 96.8. The average molecular weight is 1200 g/mol. The normalized spacial score (nSPS) is 12.7. The Morgan fingerprint density at radius 1 is 0.329 bits per heavy atom. The lowest BCUT2D eigenvalue weighted by atomic mass is 10.0. The van der Waals surface area contributed by atoms with Crippen LogP contribution < -0.4 is 5.32 Å². The molecule has 2 atom stereocenters. The predicted octanol–water partition coefficient (Wildman–Crippen LogP) is 25.4. The Morgan fingerprint density at radius 3 is 0.906 bits per heavy atom. The Kier molecular flexibility index (Phi) is 72.9. The molecule has 0 saturated carbocycles. The van der Waals surface area contributed by atoms with Crippen LogP contribution in [-0.2, 0) is 14.3 Å². The zero-order valence-corrected chi connectivity index (χ0v) is 57.6. The zero-order chi connectivity index (χ0) is 61.3. The first-order valence-corrected chi connectivity index (χ1v) is 38.8. The molecule has 0 saturated heterocycles. The van der Waals surface area contributed by atoms with Crippen molar-refractivity contribution < 1.29 is 24.5 Å². The number of unbranched alkanes of at least 4 members (excludes halogenated alkanes) is 58. The summed E-state index contributed by atoms with van der Waals surface area (Å²) >= 11 is 0. The van der Waals surface area contributed by atoms with E-state index in [0.29, 0.717) is 19.4 Å². The van der Waals surface area contributed by atoms with Crippen LogP contribution in [0.15, 0.2) is 36.5 Å². The third-order valence-corrected chi connectivity index (χ3v) is 18.2. The number of hydrogen-bond acceptors (Lipinski definition) is 5. The summed E-state index contributed by atoms with van der Waals surface area (Å²) < 4.78 is 5.50. The molecule has 6 nitrogen and oxygen atoms in total. The minimum absolute atomic E-state index is 0.00636. The van der Waals surface area contributed by atoms with Crippen LogP contribution in [0.2, 0.25) is 0 Å². The molecule has 1 amide bonds. The molecule has 0 heterocycles. The van der Waals surface area contributed by atoms with Gasteiger partial charge in [-0.15, -0.1) is 0 Å². The third kappa shape index (κ3) is 71.0. The van der Waals surface area contributed by atoms with Crippen molar-refractivity contribution in [1.82, 2.24) is 5.32 Å². The standard InChI is InChI=1S/C79H151NO5/c1-3-5-7-9-11-13-15-17-19-21-22-23-31-34-37-40-43-47-51-55-59-63-67-71-77(82)76(75-81)80-78(83)72-68-64-60-56-52-48-44-41-38-35-32-29-27-25-24-26-28-30-33-36-39-42-46-50-54-58-62-66-70-74-85-79(84)73-69-65-61-57-53-49-45-20-18-16-14-12-10-8-6-4-2/h14,16,20,45,67,71,76-77,81-82H,3-13,15,17-19,21-44,46-66,68-70,72-75H2,1-2H3,(H,80,83)/b16-14-,45-20-,71-67+. The molecule has 0 aliphatic carbocycles. The molecule has 0 bridgehead atoms. The second-order valence-corrected chi connectivity index (χ2v) is 26.7. The van der Waals surface area contributed by atoms with Gasteiger partial charge in [0.15, 0.2) is 0 Å². The molecule has 502 valence electrons. The molecule has 0 aromatic rings. The van der Waals surface area contributed by atoms with Crippen LogP contribution >= 0.6 is 0 Å². The Labute approximate surface area is 532 Å². The van der Waals surface area contributed by atoms with Crippen molar-refractivity contribution in [2.45, 2.75) is 443 Å². The van der Waals surface area contributed by atoms with Crippen molar-refractivity contribution >= 4 is 11.9 Å². The quantitative estimate of drug-likeness (QED) is 0.0320. The van der Waals surface area contributed by atoms with Crippen LogP contribution in [0.4, 0.5) is 0 Å². The van der Waals surface area contributed by atoms with E-state index in [1.807, 2.05) is 6.08 Å². The summed E-state index contributed by atoms with van der Waals surface area (Å²) in [5.41, 5.74) is 0. The van der Waals surface area contributed by atoms with Crippen molar-refractivity contribution in [1.29, 1.82) is 0 Å². The molecule has 0 aliphatic rings. The smallest absolute Gasteiger partial charge is 0.305 e. The molecule has 0 aromatic heterocycles. The van der Waals surface area contributed by atoms with E-state index in [0.717, 1.165) is 51.4 Å². The van der Waals surface area contributed by atoms with E-state index >= 15 is 0 Å². The van der Waals surface area contributed by atoms with E-state index in [1.54, 1.807) is 6.08 Å². The minimum atomic E-state index is -0.844. The van der Waals surface area contributed by atoms with Gasteiger partial charge < -0.3 is 20.3 Å². The van der Waals surface area contributed by atoms with Crippen molar-refractivity contribution in [2.75, 3.05) is 13.2 Å². The highest BCUT2D eigenvalue weighted by molar-refractivity contribution is 5.76. The highest BCUT2D eigenvalue weighted by atomic mass is 16.5. The Balaban J connectivity index is 3.37. The van der Waals surface area contributed by atoms with Crippen molar-refractivity contribution in [3.05, 3.63) is 36.5 Å². The predicted molar refractivity (Wildman–Crippen MR) is 375 cm³/mol. The van der Waals surface area contributed by atoms with E-state index in [9.17, 15) is 19.8 Å². The Hall–Kier alpha value is -1.92. The first kappa shape index (κ1) is 83.1. The van der Waals surface area contributed by atoms with Gasteiger partial charge in [-0.05, 0) is 64.2 Å². The maximum Gasteiger partial charge on any atom is 0.305 e. The van der Waals surface area contributed by atoms with E-state index in [4.69, 9.17) is 4.74 Å². The number of hydrogen-bond donors (Lipinski definition) is 3. The second-order valence-electron chi connectivity index (χ2n) is 26.7. The van der Waals surface area contributed by atoms with Gasteiger partial charge >= 0.3 is 5.97 Å². The summed E-state index contributed by atoms with van der Waals surface area (Å²) in [6, 6.07) is -0.627. The molecule has 0 radical (unpaired) electrons. The molecule has 0 aliphatic heterocycles. The van der Waals surface area contributed by atoms with Gasteiger partial charge in [-0.1, -0.05) is 391 Å². The monoisotopic (exact) mass is 1190 g/mol. The van der Waals surface area contributed by atoms with Gasteiger partial charge in [0.2, 0.25) is 5.91 Å². The lowest BCUT2D eigenvalue weighted by molar-refractivity contribution is -0.143. The molecular formula is C79H151NO5. The highest BCUT2D eigenvalue weighted by Crippen LogP contribution is 2.20. The number of aliphatic hydroxyl groups is 2. The maximum absolute atomic E-state index is 12.5. The number of amides is 1. The first-order valence-electron chi connectivity index (χ1n) is 38.8. The van der Waals surface area contributed by atoms with Gasteiger partial charge in [0, 0.05) is 12.8 Å². The first-order chi connectivity index (χ1) is 42.0. The molecule has 0 rings (SSSR count). The average Bonchev–Trinajstić information content (AvgIpc) is 3.51. The molecule has 85 heavy (non-hydrogen) atoms. The number of ether oxygens (including phenoxy) is 1. The lowest BCUT2D eigenvalue weighted by Crippen LogP contribution is -2.45. The fraction of sp³-hybridized carbons (Fsp3) is 0.899. The largest absolute Gasteiger partial charge is 0.466 e. The van der Waals surface area contributed by atoms with Gasteiger partial charge in [0.1, 0.15) is 0 Å². The molecule has 0 aromatic carbocycles. The van der Waals surface area contributed by atoms with Crippen LogP contribution in [0.3, 0.4) is 0 Å². The summed E-state index contributed by atoms with van der Waals surface area (Å²) in [6.45, 7) is 4.93. The van der Waals surface area contributed by atoms with Crippen LogP contribution in [0.1, 0.15) is 431 Å². The van der Waals surface area contributed by atoms with Gasteiger partial charge in [-0.2, -0.15) is 0 Å². The molecule has 6 heteroatoms. The Morgan fingerprint density at radius 2 is 0.588 bits per heavy atom. The fourth-order valence-electron chi connectivity index (χ4n) is 12.3. The molecule has 0 spiro atoms. The van der Waals surface area contributed by atoms with E-state index in [2.05, 4.69) is 43.5 Å². The number of esters is 1. The maximum atomic E-state index is 12.5. The van der Waals surface area contributed by atoms with Crippen molar-refractivity contribution in [3.63, 3.8) is 0 Å². The van der Waals surface area contributed by atoms with Crippen molar-refractivity contribution in [2.24, 2.45) is 0 Å². The van der Waals surface area contributed by atoms with Gasteiger partial charge in [0.05, 0.1) is 25.4 Å². The highest BCUT2D eigenvalue weighted by Gasteiger charge is 2.18. The number of nitrogens with one attached hydrogen (secondary N) is 1. The second kappa shape index (κ2) is 74.5. The van der Waals surface area contributed by atoms with Gasteiger partial charge in [-0.25, -0.2) is 0 Å². The molecule has 3 N–H and O–H groups in total. The number of carbonyl (C=O) groups is 2. The summed E-state index contributed by atoms with van der Waals surface area (Å²) in [5.74, 6) is -0.0535. The van der Waals surface area contributed by atoms with E-state index in [-0.39, 0.29) is 18.5 Å². The van der Waals surface area contributed by atoms with Crippen molar-refractivity contribution in [3.8, 4) is 0 Å². The van der Waals surface area contributed by atoms with E-state index < -0.39 is 12.1 Å².